The molecule has 4 heteroatoms. The summed E-state index contributed by atoms with van der Waals surface area (Å²) in [5.74, 6) is 0. The van der Waals surface area contributed by atoms with Gasteiger partial charge in [0.1, 0.15) is 0 Å². The molecule has 0 N–H and O–H groups in total. The number of hydrogen-bond donors (Lipinski definition) is 0. The van der Waals surface area contributed by atoms with Crippen molar-refractivity contribution in [2.75, 3.05) is 4.90 Å². The number of hydrogen-bond acceptors (Lipinski definition) is 3. The Balaban J connectivity index is 1.08. The molecule has 2 heterocycles. The zero-order chi connectivity index (χ0) is 35.6. The number of benzene rings is 9. The van der Waals surface area contributed by atoms with Gasteiger partial charge < -0.3 is 9.47 Å². The van der Waals surface area contributed by atoms with E-state index in [1.807, 2.05) is 6.20 Å². The highest BCUT2D eigenvalue weighted by atomic mass is 15.1. The highest BCUT2D eigenvalue weighted by Gasteiger charge is 2.19. The third-order valence-electron chi connectivity index (χ3n) is 10.8. The van der Waals surface area contributed by atoms with Crippen LogP contribution in [-0.2, 0) is 0 Å². The first kappa shape index (κ1) is 30.3. The Morgan fingerprint density at radius 1 is 0.407 bits per heavy atom. The van der Waals surface area contributed by atoms with E-state index in [2.05, 4.69) is 198 Å². The number of nitrogens with zero attached hydrogens (tertiary/aromatic N) is 4. The quantitative estimate of drug-likeness (QED) is 0.169. The van der Waals surface area contributed by atoms with Crippen molar-refractivity contribution in [3.8, 4) is 16.9 Å². The minimum Gasteiger partial charge on any atom is -0.310 e. The molecule has 2 aromatic heterocycles. The van der Waals surface area contributed by atoms with Crippen LogP contribution in [0.4, 0.5) is 17.1 Å². The molecule has 54 heavy (non-hydrogen) atoms. The molecule has 0 radical (unpaired) electrons. The van der Waals surface area contributed by atoms with Gasteiger partial charge in [0.25, 0.3) is 0 Å². The van der Waals surface area contributed by atoms with Gasteiger partial charge in [0, 0.05) is 49.6 Å². The molecule has 0 saturated heterocycles. The Bertz CT molecular complexity index is 3180. The summed E-state index contributed by atoms with van der Waals surface area (Å²) in [6, 6.07) is 67.1. The summed E-state index contributed by atoms with van der Waals surface area (Å²) in [7, 11) is 0. The average Bonchev–Trinajstić information content (AvgIpc) is 3.58. The Hall–Kier alpha value is -7.30. The largest absolute Gasteiger partial charge is 0.310 e. The number of fused-ring (bicyclic) bond motifs is 10. The lowest BCUT2D eigenvalue weighted by Gasteiger charge is -2.27. The molecule has 252 valence electrons. The maximum atomic E-state index is 5.27. The summed E-state index contributed by atoms with van der Waals surface area (Å²) in [4.78, 5) is 12.7. The molecule has 0 aliphatic carbocycles. The van der Waals surface area contributed by atoms with Crippen molar-refractivity contribution in [1.29, 1.82) is 0 Å². The molecule has 0 aliphatic heterocycles. The van der Waals surface area contributed by atoms with Gasteiger partial charge in [0.05, 0.1) is 39.6 Å². The molecule has 0 spiro atoms. The molecular weight excluding hydrogens is 657 g/mol. The molecule has 4 nitrogen and oxygen atoms in total. The summed E-state index contributed by atoms with van der Waals surface area (Å²) >= 11 is 0. The standard InChI is InChI=1S/C50H32N4/c1-2-15-35(16-3-1)54-47-23-11-10-20-41(47)44-31-37(29-30-48(44)54)53(46-24-12-14-33-13-4-5-17-38(33)46)36-27-25-34(26-28-36)45-32-51-49-42-21-8-6-18-39(42)40-19-7-9-22-43(40)50(49)52-45/h1-32H. The van der Waals surface area contributed by atoms with Gasteiger partial charge in [-0.1, -0.05) is 133 Å². The molecule has 0 fully saturated rings. The topological polar surface area (TPSA) is 34.0 Å². The monoisotopic (exact) mass is 688 g/mol. The Morgan fingerprint density at radius 3 is 1.78 bits per heavy atom. The third-order valence-corrected chi connectivity index (χ3v) is 10.8. The van der Waals surface area contributed by atoms with E-state index in [1.54, 1.807) is 0 Å². The van der Waals surface area contributed by atoms with Crippen molar-refractivity contribution < 1.29 is 0 Å². The van der Waals surface area contributed by atoms with Crippen LogP contribution in [0.1, 0.15) is 0 Å². The third kappa shape index (κ3) is 4.70. The van der Waals surface area contributed by atoms with Gasteiger partial charge >= 0.3 is 0 Å². The fourth-order valence-corrected chi connectivity index (χ4v) is 8.33. The van der Waals surface area contributed by atoms with Crippen LogP contribution in [0.5, 0.6) is 0 Å². The van der Waals surface area contributed by atoms with E-state index < -0.39 is 0 Å². The molecule has 0 atom stereocenters. The van der Waals surface area contributed by atoms with Crippen molar-refractivity contribution in [1.82, 2.24) is 14.5 Å². The fourth-order valence-electron chi connectivity index (χ4n) is 8.33. The van der Waals surface area contributed by atoms with E-state index in [1.165, 1.54) is 43.4 Å². The van der Waals surface area contributed by atoms with Crippen LogP contribution in [0, 0.1) is 0 Å². The zero-order valence-corrected chi connectivity index (χ0v) is 29.3. The molecule has 0 aliphatic rings. The fraction of sp³-hybridized carbons (Fsp3) is 0. The van der Waals surface area contributed by atoms with Crippen LogP contribution < -0.4 is 4.90 Å². The second-order valence-electron chi connectivity index (χ2n) is 13.8. The van der Waals surface area contributed by atoms with Crippen LogP contribution in [0.2, 0.25) is 0 Å². The predicted octanol–water partition coefficient (Wildman–Crippen LogP) is 13.3. The smallest absolute Gasteiger partial charge is 0.0979 e. The Morgan fingerprint density at radius 2 is 1.00 bits per heavy atom. The van der Waals surface area contributed by atoms with E-state index in [9.17, 15) is 0 Å². The SMILES string of the molecule is c1ccc(-n2c3ccccc3c3cc(N(c4ccc(-c5cnc6c7ccccc7c7ccccc7c6n5)cc4)c4cccc5ccccc45)ccc32)cc1. The summed E-state index contributed by atoms with van der Waals surface area (Å²) in [5.41, 5.74) is 10.5. The predicted molar refractivity (Wildman–Crippen MR) is 227 cm³/mol. The molecule has 9 aromatic carbocycles. The number of aromatic nitrogens is 3. The van der Waals surface area contributed by atoms with Gasteiger partial charge in [-0.3, -0.25) is 4.98 Å². The van der Waals surface area contributed by atoms with Gasteiger partial charge in [-0.2, -0.15) is 0 Å². The number of para-hydroxylation sites is 2. The highest BCUT2D eigenvalue weighted by molar-refractivity contribution is 6.23. The van der Waals surface area contributed by atoms with Gasteiger partial charge in [0.2, 0.25) is 0 Å². The van der Waals surface area contributed by atoms with Gasteiger partial charge in [0.15, 0.2) is 0 Å². The summed E-state index contributed by atoms with van der Waals surface area (Å²) in [6.45, 7) is 0. The second-order valence-corrected chi connectivity index (χ2v) is 13.8. The summed E-state index contributed by atoms with van der Waals surface area (Å²) < 4.78 is 2.36. The van der Waals surface area contributed by atoms with Gasteiger partial charge in [-0.25, -0.2) is 4.98 Å². The number of rotatable bonds is 5. The lowest BCUT2D eigenvalue weighted by Crippen LogP contribution is -2.10. The van der Waals surface area contributed by atoms with Crippen molar-refractivity contribution in [2.24, 2.45) is 0 Å². The van der Waals surface area contributed by atoms with Crippen molar-refractivity contribution in [3.05, 3.63) is 194 Å². The minimum absolute atomic E-state index is 0.848. The second kappa shape index (κ2) is 12.1. The lowest BCUT2D eigenvalue weighted by atomic mass is 9.99. The molecule has 0 saturated carbocycles. The number of anilines is 3. The van der Waals surface area contributed by atoms with E-state index in [4.69, 9.17) is 9.97 Å². The molecule has 0 bridgehead atoms. The molecular formula is C50H32N4. The first-order valence-electron chi connectivity index (χ1n) is 18.3. The van der Waals surface area contributed by atoms with Crippen molar-refractivity contribution >= 4 is 82.2 Å². The summed E-state index contributed by atoms with van der Waals surface area (Å²) in [6.07, 6.45) is 1.91. The van der Waals surface area contributed by atoms with Crippen LogP contribution >= 0.6 is 0 Å². The maximum absolute atomic E-state index is 5.27. The highest BCUT2D eigenvalue weighted by Crippen LogP contribution is 2.43. The van der Waals surface area contributed by atoms with Crippen LogP contribution in [0.3, 0.4) is 0 Å². The zero-order valence-electron chi connectivity index (χ0n) is 29.3. The normalized spacial score (nSPS) is 11.7. The first-order chi connectivity index (χ1) is 26.8. The van der Waals surface area contributed by atoms with Crippen molar-refractivity contribution in [2.45, 2.75) is 0 Å². The maximum Gasteiger partial charge on any atom is 0.0979 e. The van der Waals surface area contributed by atoms with Gasteiger partial charge in [-0.15, -0.1) is 0 Å². The van der Waals surface area contributed by atoms with Gasteiger partial charge in [-0.05, 0) is 70.8 Å². The van der Waals surface area contributed by atoms with Crippen molar-refractivity contribution in [3.63, 3.8) is 0 Å². The van der Waals surface area contributed by atoms with Crippen LogP contribution in [-0.4, -0.2) is 14.5 Å². The Labute approximate surface area is 311 Å². The minimum atomic E-state index is 0.848. The first-order valence-corrected chi connectivity index (χ1v) is 18.3. The molecule has 0 unspecified atom stereocenters. The molecule has 11 rings (SSSR count). The Kier molecular flexibility index (Phi) is 6.82. The molecule has 11 aromatic rings. The molecule has 0 amide bonds. The van der Waals surface area contributed by atoms with E-state index in [0.29, 0.717) is 0 Å². The van der Waals surface area contributed by atoms with E-state index in [-0.39, 0.29) is 0 Å². The summed E-state index contributed by atoms with van der Waals surface area (Å²) in [5, 5.41) is 9.44. The van der Waals surface area contributed by atoms with Crippen LogP contribution in [0.15, 0.2) is 194 Å². The van der Waals surface area contributed by atoms with Crippen LogP contribution in [0.25, 0.3) is 82.1 Å². The van der Waals surface area contributed by atoms with E-state index >= 15 is 0 Å². The average molecular weight is 689 g/mol. The lowest BCUT2D eigenvalue weighted by molar-refractivity contribution is 1.18. The van der Waals surface area contributed by atoms with E-state index in [0.717, 1.165) is 55.8 Å².